The minimum atomic E-state index is -0.809. The zero-order chi connectivity index (χ0) is 13.1. The number of hydrogen-bond acceptors (Lipinski definition) is 5. The Morgan fingerprint density at radius 2 is 2.18 bits per heavy atom. The molecule has 7 nitrogen and oxygen atoms in total. The summed E-state index contributed by atoms with van der Waals surface area (Å²) in [5.74, 6) is -0.784. The van der Waals surface area contributed by atoms with Gasteiger partial charge in [-0.2, -0.15) is 0 Å². The van der Waals surface area contributed by atoms with Crippen molar-refractivity contribution >= 4 is 0 Å². The summed E-state index contributed by atoms with van der Waals surface area (Å²) >= 11 is 0. The zero-order valence-electron chi connectivity index (χ0n) is 10.5. The van der Waals surface area contributed by atoms with Crippen molar-refractivity contribution in [3.8, 4) is 0 Å². The quantitative estimate of drug-likeness (QED) is 0.352. The van der Waals surface area contributed by atoms with E-state index in [1.807, 2.05) is 0 Å². The molecule has 98 valence electrons. The van der Waals surface area contributed by atoms with Crippen molar-refractivity contribution in [2.24, 2.45) is 5.11 Å². The summed E-state index contributed by atoms with van der Waals surface area (Å²) < 4.78 is 16.2. The first-order valence-electron chi connectivity index (χ1n) is 5.50. The minimum absolute atomic E-state index is 0.308. The second-order valence-corrected chi connectivity index (χ2v) is 4.49. The number of methoxy groups -OCH3 is 1. The van der Waals surface area contributed by atoms with E-state index in [1.165, 1.54) is 7.11 Å². The number of aliphatic hydroxyl groups excluding tert-OH is 1. The van der Waals surface area contributed by atoms with Crippen LogP contribution in [0.2, 0.25) is 0 Å². The van der Waals surface area contributed by atoms with Crippen molar-refractivity contribution in [2.45, 2.75) is 57.5 Å². The highest BCUT2D eigenvalue weighted by molar-refractivity contribution is 4.86. The van der Waals surface area contributed by atoms with Gasteiger partial charge in [-0.15, -0.1) is 0 Å². The average molecular weight is 245 g/mol. The summed E-state index contributed by atoms with van der Waals surface area (Å²) in [6.07, 6.45) is -1.50. The van der Waals surface area contributed by atoms with Gasteiger partial charge in [0.05, 0.1) is 18.2 Å². The van der Waals surface area contributed by atoms with Crippen LogP contribution in [-0.2, 0) is 14.2 Å². The van der Waals surface area contributed by atoms with Gasteiger partial charge in [0.1, 0.15) is 0 Å². The largest absolute Gasteiger partial charge is 0.390 e. The fraction of sp³-hybridized carbons (Fsp3) is 1.00. The van der Waals surface area contributed by atoms with Crippen LogP contribution in [0.1, 0.15) is 27.2 Å². The fourth-order valence-corrected chi connectivity index (χ4v) is 1.65. The Kier molecular flexibility index (Phi) is 4.73. The maximum Gasteiger partial charge on any atom is 0.165 e. The van der Waals surface area contributed by atoms with E-state index in [9.17, 15) is 5.11 Å². The molecule has 1 heterocycles. The van der Waals surface area contributed by atoms with Crippen LogP contribution in [0.15, 0.2) is 5.11 Å². The molecule has 0 radical (unpaired) electrons. The molecule has 1 fully saturated rings. The van der Waals surface area contributed by atoms with Crippen LogP contribution < -0.4 is 0 Å². The predicted molar refractivity (Wildman–Crippen MR) is 60.1 cm³/mol. The number of rotatable bonds is 4. The summed E-state index contributed by atoms with van der Waals surface area (Å²) in [6, 6.07) is -0.540. The van der Waals surface area contributed by atoms with E-state index in [1.54, 1.807) is 20.8 Å². The van der Waals surface area contributed by atoms with E-state index in [0.717, 1.165) is 0 Å². The van der Waals surface area contributed by atoms with Crippen molar-refractivity contribution in [1.29, 1.82) is 0 Å². The smallest absolute Gasteiger partial charge is 0.165 e. The molecule has 1 unspecified atom stereocenters. The van der Waals surface area contributed by atoms with Gasteiger partial charge in [0.25, 0.3) is 0 Å². The van der Waals surface area contributed by atoms with E-state index in [2.05, 4.69) is 10.0 Å². The van der Waals surface area contributed by atoms with Crippen LogP contribution in [0.4, 0.5) is 0 Å². The van der Waals surface area contributed by atoms with Crippen LogP contribution in [0.25, 0.3) is 10.4 Å². The number of nitrogens with zero attached hydrogens (tertiary/aromatic N) is 3. The Bertz CT molecular complexity index is 304. The first-order valence-corrected chi connectivity index (χ1v) is 5.50. The molecule has 7 heteroatoms. The monoisotopic (exact) mass is 245 g/mol. The van der Waals surface area contributed by atoms with Gasteiger partial charge in [0.2, 0.25) is 0 Å². The average Bonchev–Trinajstić information content (AvgIpc) is 2.25. The topological polar surface area (TPSA) is 96.7 Å². The third kappa shape index (κ3) is 3.83. The lowest BCUT2D eigenvalue weighted by Gasteiger charge is -2.38. The van der Waals surface area contributed by atoms with Gasteiger partial charge < -0.3 is 19.3 Å². The van der Waals surface area contributed by atoms with E-state index < -0.39 is 30.3 Å². The molecule has 1 aliphatic heterocycles. The van der Waals surface area contributed by atoms with Crippen LogP contribution in [0.5, 0.6) is 0 Å². The molecule has 1 N–H and O–H groups in total. The van der Waals surface area contributed by atoms with E-state index in [4.69, 9.17) is 19.7 Å². The molecule has 0 spiro atoms. The Balaban J connectivity index is 2.67. The Hall–Kier alpha value is -0.850. The minimum Gasteiger partial charge on any atom is -0.390 e. The molecule has 0 aliphatic carbocycles. The summed E-state index contributed by atoms with van der Waals surface area (Å²) in [5, 5.41) is 13.3. The molecular weight excluding hydrogens is 226 g/mol. The van der Waals surface area contributed by atoms with Gasteiger partial charge in [-0.3, -0.25) is 0 Å². The van der Waals surface area contributed by atoms with Crippen molar-refractivity contribution in [1.82, 2.24) is 0 Å². The standard InChI is InChI=1S/C10H19N3O4/c1-6-9(14)7(12-13-11)5-8(16-6)17-10(2,3)15-4/h6-9,14H,5H2,1-4H3/t6-,7-,8?,9-/m0/s1. The first-order chi connectivity index (χ1) is 7.89. The molecular formula is C10H19N3O4. The molecule has 0 aromatic carbocycles. The molecule has 1 aliphatic rings. The fourth-order valence-electron chi connectivity index (χ4n) is 1.65. The Morgan fingerprint density at radius 3 is 2.71 bits per heavy atom. The zero-order valence-corrected chi connectivity index (χ0v) is 10.5. The predicted octanol–water partition coefficient (Wildman–Crippen LogP) is 1.56. The van der Waals surface area contributed by atoms with Crippen molar-refractivity contribution in [2.75, 3.05) is 7.11 Å². The molecule has 0 saturated carbocycles. The van der Waals surface area contributed by atoms with Gasteiger partial charge in [0.15, 0.2) is 12.1 Å². The van der Waals surface area contributed by atoms with Crippen LogP contribution >= 0.6 is 0 Å². The van der Waals surface area contributed by atoms with Crippen molar-refractivity contribution in [3.63, 3.8) is 0 Å². The second-order valence-electron chi connectivity index (χ2n) is 4.49. The molecule has 4 atom stereocenters. The van der Waals surface area contributed by atoms with Crippen LogP contribution in [0, 0.1) is 0 Å². The van der Waals surface area contributed by atoms with Crippen molar-refractivity contribution in [3.05, 3.63) is 10.4 Å². The third-order valence-corrected chi connectivity index (χ3v) is 2.78. The van der Waals surface area contributed by atoms with Gasteiger partial charge >= 0.3 is 0 Å². The second kappa shape index (κ2) is 5.66. The molecule has 0 aromatic rings. The Morgan fingerprint density at radius 1 is 1.53 bits per heavy atom. The molecule has 17 heavy (non-hydrogen) atoms. The SMILES string of the molecule is COC(C)(C)OC1C[C@H](N=[N+]=[N-])[C@@H](O)[C@H](C)O1. The molecule has 0 amide bonds. The summed E-state index contributed by atoms with van der Waals surface area (Å²) in [5.41, 5.74) is 8.43. The van der Waals surface area contributed by atoms with Crippen molar-refractivity contribution < 1.29 is 19.3 Å². The van der Waals surface area contributed by atoms with Crippen LogP contribution in [0.3, 0.4) is 0 Å². The lowest BCUT2D eigenvalue weighted by Crippen LogP contribution is -2.49. The molecule has 1 rings (SSSR count). The van der Waals surface area contributed by atoms with E-state index in [0.29, 0.717) is 6.42 Å². The molecule has 1 saturated heterocycles. The highest BCUT2D eigenvalue weighted by atomic mass is 16.8. The normalized spacial score (nSPS) is 34.2. The van der Waals surface area contributed by atoms with Gasteiger partial charge in [0, 0.05) is 18.4 Å². The molecule has 0 bridgehead atoms. The number of hydrogen-bond donors (Lipinski definition) is 1. The maximum atomic E-state index is 9.77. The van der Waals surface area contributed by atoms with E-state index in [-0.39, 0.29) is 0 Å². The lowest BCUT2D eigenvalue weighted by molar-refractivity contribution is -0.314. The Labute approximate surface area is 100 Å². The summed E-state index contributed by atoms with van der Waals surface area (Å²) in [6.45, 7) is 5.23. The van der Waals surface area contributed by atoms with Gasteiger partial charge in [-0.25, -0.2) is 0 Å². The van der Waals surface area contributed by atoms with E-state index >= 15 is 0 Å². The maximum absolute atomic E-state index is 9.77. The third-order valence-electron chi connectivity index (χ3n) is 2.78. The number of ether oxygens (including phenoxy) is 3. The van der Waals surface area contributed by atoms with Gasteiger partial charge in [-0.05, 0) is 26.3 Å². The summed E-state index contributed by atoms with van der Waals surface area (Å²) in [7, 11) is 1.53. The first kappa shape index (κ1) is 14.2. The number of azide groups is 1. The van der Waals surface area contributed by atoms with Crippen LogP contribution in [-0.4, -0.2) is 42.5 Å². The number of aliphatic hydroxyl groups is 1. The molecule has 0 aromatic heterocycles. The highest BCUT2D eigenvalue weighted by Gasteiger charge is 2.37. The highest BCUT2D eigenvalue weighted by Crippen LogP contribution is 2.26. The summed E-state index contributed by atoms with van der Waals surface area (Å²) in [4.78, 5) is 2.72. The van der Waals surface area contributed by atoms with Gasteiger partial charge in [-0.1, -0.05) is 5.11 Å². The lowest BCUT2D eigenvalue weighted by atomic mass is 10.0.